The molecular formula is C23H43N3O4. The number of hydrogen-bond donors (Lipinski definition) is 1. The van der Waals surface area contributed by atoms with Gasteiger partial charge in [0.25, 0.3) is 0 Å². The summed E-state index contributed by atoms with van der Waals surface area (Å²) in [6, 6.07) is -0.834. The number of amides is 2. The Labute approximate surface area is 183 Å². The monoisotopic (exact) mass is 425 g/mol. The van der Waals surface area contributed by atoms with E-state index in [1.807, 2.05) is 41.7 Å². The minimum Gasteiger partial charge on any atom is -0.463 e. The van der Waals surface area contributed by atoms with E-state index in [0.29, 0.717) is 12.2 Å². The molecule has 1 rings (SSSR count). The maximum Gasteiger partial charge on any atom is 0.333 e. The van der Waals surface area contributed by atoms with Gasteiger partial charge in [-0.1, -0.05) is 47.1 Å². The molecule has 2 atom stereocenters. The average molecular weight is 426 g/mol. The number of carbonyl (C=O) groups excluding carboxylic acids is 3. The molecule has 2 unspecified atom stereocenters. The molecule has 1 aliphatic heterocycles. The highest BCUT2D eigenvalue weighted by Gasteiger charge is 2.37. The van der Waals surface area contributed by atoms with Crippen LogP contribution in [0.3, 0.4) is 0 Å². The van der Waals surface area contributed by atoms with Crippen LogP contribution in [-0.2, 0) is 19.1 Å². The molecule has 0 aromatic rings. The van der Waals surface area contributed by atoms with E-state index in [2.05, 4.69) is 10.2 Å². The first kappa shape index (κ1) is 28.1. The van der Waals surface area contributed by atoms with Crippen molar-refractivity contribution in [3.05, 3.63) is 11.6 Å². The fourth-order valence-electron chi connectivity index (χ4n) is 3.21. The molecule has 1 fully saturated rings. The van der Waals surface area contributed by atoms with Crippen molar-refractivity contribution >= 4 is 17.8 Å². The summed E-state index contributed by atoms with van der Waals surface area (Å²) in [5, 5.41) is 2.98. The minimum atomic E-state index is -0.642. The SMILES string of the molecule is CC.CCOC(=O)/C(C)=C/CN(C)C(=O)C(NC(=O)C1CCCCN1C)C(C)(C)C. The molecule has 1 N–H and O–H groups in total. The number of likely N-dealkylation sites (N-methyl/N-ethyl adjacent to an activating group) is 2. The highest BCUT2D eigenvalue weighted by atomic mass is 16.5. The van der Waals surface area contributed by atoms with Crippen molar-refractivity contribution in [2.24, 2.45) is 5.41 Å². The van der Waals surface area contributed by atoms with Crippen LogP contribution in [0.5, 0.6) is 0 Å². The number of nitrogens with zero attached hydrogens (tertiary/aromatic N) is 2. The van der Waals surface area contributed by atoms with Gasteiger partial charge >= 0.3 is 5.97 Å². The summed E-state index contributed by atoms with van der Waals surface area (Å²) in [7, 11) is 3.63. The topological polar surface area (TPSA) is 79.0 Å². The second kappa shape index (κ2) is 13.4. The molecule has 0 aliphatic carbocycles. The molecular weight excluding hydrogens is 382 g/mol. The maximum atomic E-state index is 13.0. The van der Waals surface area contributed by atoms with Crippen LogP contribution in [0.15, 0.2) is 11.6 Å². The lowest BCUT2D eigenvalue weighted by molar-refractivity contribution is -0.140. The van der Waals surface area contributed by atoms with Gasteiger partial charge in [0.15, 0.2) is 0 Å². The van der Waals surface area contributed by atoms with Gasteiger partial charge < -0.3 is 15.0 Å². The first-order chi connectivity index (χ1) is 14.0. The number of esters is 1. The second-order valence-electron chi connectivity index (χ2n) is 8.63. The number of piperidine rings is 1. The Morgan fingerprint density at radius 2 is 1.83 bits per heavy atom. The molecule has 30 heavy (non-hydrogen) atoms. The Morgan fingerprint density at radius 3 is 2.33 bits per heavy atom. The van der Waals surface area contributed by atoms with Gasteiger partial charge in [-0.15, -0.1) is 0 Å². The number of ether oxygens (including phenoxy) is 1. The van der Waals surface area contributed by atoms with Gasteiger partial charge in [0.05, 0.1) is 12.6 Å². The normalized spacial score (nSPS) is 18.6. The third kappa shape index (κ3) is 8.86. The van der Waals surface area contributed by atoms with Crippen LogP contribution < -0.4 is 5.32 Å². The Morgan fingerprint density at radius 1 is 1.23 bits per heavy atom. The van der Waals surface area contributed by atoms with Gasteiger partial charge in [-0.3, -0.25) is 14.5 Å². The lowest BCUT2D eigenvalue weighted by atomic mass is 9.85. The van der Waals surface area contributed by atoms with Crippen LogP contribution in [0.4, 0.5) is 0 Å². The van der Waals surface area contributed by atoms with Crippen molar-refractivity contribution < 1.29 is 19.1 Å². The third-order valence-electron chi connectivity index (χ3n) is 5.12. The molecule has 0 aromatic heterocycles. The fraction of sp³-hybridized carbons (Fsp3) is 0.783. The lowest BCUT2D eigenvalue weighted by Gasteiger charge is -2.37. The summed E-state index contributed by atoms with van der Waals surface area (Å²) in [6.45, 7) is 14.7. The summed E-state index contributed by atoms with van der Waals surface area (Å²) in [4.78, 5) is 41.2. The van der Waals surface area contributed by atoms with Gasteiger partial charge in [0.2, 0.25) is 11.8 Å². The summed E-state index contributed by atoms with van der Waals surface area (Å²) >= 11 is 0. The molecule has 0 spiro atoms. The number of nitrogens with one attached hydrogen (secondary N) is 1. The first-order valence-corrected chi connectivity index (χ1v) is 11.1. The van der Waals surface area contributed by atoms with E-state index in [9.17, 15) is 14.4 Å². The van der Waals surface area contributed by atoms with Crippen LogP contribution in [0.2, 0.25) is 0 Å². The largest absolute Gasteiger partial charge is 0.463 e. The van der Waals surface area contributed by atoms with Gasteiger partial charge in [-0.05, 0) is 45.7 Å². The Bertz CT molecular complexity index is 596. The van der Waals surface area contributed by atoms with Crippen LogP contribution in [0.1, 0.15) is 67.7 Å². The van der Waals surface area contributed by atoms with E-state index in [1.54, 1.807) is 27.0 Å². The van der Waals surface area contributed by atoms with Crippen LogP contribution >= 0.6 is 0 Å². The zero-order valence-corrected chi connectivity index (χ0v) is 20.5. The van der Waals surface area contributed by atoms with Gasteiger partial charge in [0, 0.05) is 19.2 Å². The van der Waals surface area contributed by atoms with Crippen LogP contribution in [-0.4, -0.2) is 73.5 Å². The van der Waals surface area contributed by atoms with Crippen molar-refractivity contribution in [3.63, 3.8) is 0 Å². The fourth-order valence-corrected chi connectivity index (χ4v) is 3.21. The van der Waals surface area contributed by atoms with E-state index in [4.69, 9.17) is 4.74 Å². The summed E-state index contributed by atoms with van der Waals surface area (Å²) < 4.78 is 4.96. The predicted octanol–water partition coefficient (Wildman–Crippen LogP) is 3.00. The second-order valence-corrected chi connectivity index (χ2v) is 8.63. The van der Waals surface area contributed by atoms with E-state index in [1.165, 1.54) is 4.90 Å². The standard InChI is InChI=1S/C21H37N3O4.C2H6/c1-8-28-20(27)15(2)12-14-24(7)19(26)17(21(3,4)5)22-18(25)16-11-9-10-13-23(16)6;1-2/h12,16-17H,8-11,13-14H2,1-7H3,(H,22,25);1-2H3/b15-12+;. The third-order valence-corrected chi connectivity index (χ3v) is 5.12. The molecule has 1 aliphatic rings. The summed E-state index contributed by atoms with van der Waals surface area (Å²) in [5.74, 6) is -0.654. The van der Waals surface area contributed by atoms with Crippen LogP contribution in [0.25, 0.3) is 0 Å². The van der Waals surface area contributed by atoms with E-state index in [-0.39, 0.29) is 30.4 Å². The molecule has 0 radical (unpaired) electrons. The van der Waals surface area contributed by atoms with Crippen molar-refractivity contribution in [2.45, 2.75) is 79.8 Å². The molecule has 0 saturated carbocycles. The Hall–Kier alpha value is -1.89. The zero-order valence-electron chi connectivity index (χ0n) is 20.5. The van der Waals surface area contributed by atoms with E-state index < -0.39 is 11.5 Å². The van der Waals surface area contributed by atoms with E-state index >= 15 is 0 Å². The van der Waals surface area contributed by atoms with Crippen molar-refractivity contribution in [1.82, 2.24) is 15.1 Å². The molecule has 1 heterocycles. The zero-order chi connectivity index (χ0) is 23.5. The van der Waals surface area contributed by atoms with E-state index in [0.717, 1.165) is 25.8 Å². The Kier molecular flexibility index (Phi) is 12.6. The lowest BCUT2D eigenvalue weighted by Crippen LogP contribution is -2.58. The van der Waals surface area contributed by atoms with Gasteiger partial charge in [-0.25, -0.2) is 4.79 Å². The van der Waals surface area contributed by atoms with Gasteiger partial charge in [0.1, 0.15) is 6.04 Å². The first-order valence-electron chi connectivity index (χ1n) is 11.1. The molecule has 2 amide bonds. The van der Waals surface area contributed by atoms with Crippen molar-refractivity contribution in [2.75, 3.05) is 33.8 Å². The molecule has 0 aromatic carbocycles. The highest BCUT2D eigenvalue weighted by Crippen LogP contribution is 2.22. The summed E-state index contributed by atoms with van der Waals surface area (Å²) in [5.41, 5.74) is 0.0235. The predicted molar refractivity (Wildman–Crippen MR) is 121 cm³/mol. The molecule has 7 nitrogen and oxygen atoms in total. The number of rotatable bonds is 7. The minimum absolute atomic E-state index is 0.0953. The molecule has 0 bridgehead atoms. The average Bonchev–Trinajstić information content (AvgIpc) is 2.70. The summed E-state index contributed by atoms with van der Waals surface area (Å²) in [6.07, 6.45) is 4.60. The highest BCUT2D eigenvalue weighted by molar-refractivity contribution is 5.91. The Balaban J connectivity index is 0.00000407. The van der Waals surface area contributed by atoms with Gasteiger partial charge in [-0.2, -0.15) is 0 Å². The maximum absolute atomic E-state index is 13.0. The molecule has 174 valence electrons. The van der Waals surface area contributed by atoms with Crippen LogP contribution in [0, 0.1) is 5.41 Å². The molecule has 7 heteroatoms. The van der Waals surface area contributed by atoms with Crippen molar-refractivity contribution in [1.29, 1.82) is 0 Å². The number of hydrogen-bond acceptors (Lipinski definition) is 5. The number of likely N-dealkylation sites (tertiary alicyclic amines) is 1. The number of carbonyl (C=O) groups is 3. The quantitative estimate of drug-likeness (QED) is 0.501. The molecule has 1 saturated heterocycles. The smallest absolute Gasteiger partial charge is 0.333 e. The van der Waals surface area contributed by atoms with Crippen molar-refractivity contribution in [3.8, 4) is 0 Å².